The third-order valence-electron chi connectivity index (χ3n) is 5.04. The molecule has 1 unspecified atom stereocenters. The highest BCUT2D eigenvalue weighted by atomic mass is 16.5. The molecule has 196 valence electrons. The van der Waals surface area contributed by atoms with Crippen molar-refractivity contribution in [3.05, 3.63) is 42.5 Å². The minimum absolute atomic E-state index is 0.183. The molecule has 1 rings (SSSR count). The molecular formula is C27H44N4O4. The van der Waals surface area contributed by atoms with E-state index in [4.69, 9.17) is 16.2 Å². The molecule has 0 aliphatic rings. The van der Waals surface area contributed by atoms with Crippen LogP contribution in [0.3, 0.4) is 0 Å². The van der Waals surface area contributed by atoms with Crippen molar-refractivity contribution in [1.82, 2.24) is 10.6 Å². The lowest BCUT2D eigenvalue weighted by atomic mass is 10.1. The van der Waals surface area contributed by atoms with Crippen molar-refractivity contribution >= 4 is 29.9 Å². The SMILES string of the molecule is C=Cc1ccc(OC(=O)C(CCCCN)NC(=O)CNC(=O)CCCC)cc1C=C.CCCCN. The van der Waals surface area contributed by atoms with E-state index in [-0.39, 0.29) is 12.5 Å². The maximum atomic E-state index is 12.7. The van der Waals surface area contributed by atoms with Gasteiger partial charge in [0.2, 0.25) is 11.8 Å². The number of ether oxygens (including phenoxy) is 1. The van der Waals surface area contributed by atoms with Gasteiger partial charge >= 0.3 is 5.97 Å². The van der Waals surface area contributed by atoms with Crippen molar-refractivity contribution in [2.24, 2.45) is 11.5 Å². The second-order valence-corrected chi connectivity index (χ2v) is 8.05. The first-order chi connectivity index (χ1) is 16.9. The molecule has 0 heterocycles. The number of carbonyl (C=O) groups excluding carboxylic acids is 3. The van der Waals surface area contributed by atoms with E-state index in [1.807, 2.05) is 6.92 Å². The van der Waals surface area contributed by atoms with Gasteiger partial charge in [-0.1, -0.05) is 58.1 Å². The zero-order valence-corrected chi connectivity index (χ0v) is 21.4. The fourth-order valence-electron chi connectivity index (χ4n) is 2.96. The zero-order chi connectivity index (χ0) is 26.5. The largest absolute Gasteiger partial charge is 0.425 e. The average molecular weight is 489 g/mol. The van der Waals surface area contributed by atoms with E-state index in [0.29, 0.717) is 31.6 Å². The summed E-state index contributed by atoms with van der Waals surface area (Å²) < 4.78 is 5.47. The van der Waals surface area contributed by atoms with Gasteiger partial charge in [-0.15, -0.1) is 0 Å². The molecule has 35 heavy (non-hydrogen) atoms. The fourth-order valence-corrected chi connectivity index (χ4v) is 2.96. The second kappa shape index (κ2) is 20.4. The third kappa shape index (κ3) is 14.8. The minimum atomic E-state index is -0.831. The van der Waals surface area contributed by atoms with Gasteiger partial charge in [-0.05, 0) is 68.5 Å². The smallest absolute Gasteiger partial charge is 0.334 e. The summed E-state index contributed by atoms with van der Waals surface area (Å²) >= 11 is 0. The van der Waals surface area contributed by atoms with Crippen LogP contribution in [0.4, 0.5) is 0 Å². The normalized spacial score (nSPS) is 10.9. The molecule has 8 nitrogen and oxygen atoms in total. The molecule has 0 aliphatic carbocycles. The number of unbranched alkanes of at least 4 members (excludes halogenated alkanes) is 3. The molecule has 0 aromatic heterocycles. The molecule has 0 saturated heterocycles. The highest BCUT2D eigenvalue weighted by Gasteiger charge is 2.23. The summed E-state index contributed by atoms with van der Waals surface area (Å²) in [5.41, 5.74) is 12.3. The van der Waals surface area contributed by atoms with Gasteiger partial charge in [0, 0.05) is 6.42 Å². The van der Waals surface area contributed by atoms with Crippen LogP contribution in [-0.2, 0) is 14.4 Å². The quantitative estimate of drug-likeness (QED) is 0.160. The van der Waals surface area contributed by atoms with Crippen LogP contribution in [0.25, 0.3) is 12.2 Å². The summed E-state index contributed by atoms with van der Waals surface area (Å²) in [7, 11) is 0. The highest BCUT2D eigenvalue weighted by Crippen LogP contribution is 2.20. The first-order valence-electron chi connectivity index (χ1n) is 12.4. The second-order valence-electron chi connectivity index (χ2n) is 8.05. The van der Waals surface area contributed by atoms with Gasteiger partial charge < -0.3 is 26.8 Å². The van der Waals surface area contributed by atoms with E-state index in [1.54, 1.807) is 30.4 Å². The van der Waals surface area contributed by atoms with Gasteiger partial charge in [0.25, 0.3) is 0 Å². The zero-order valence-electron chi connectivity index (χ0n) is 21.4. The molecule has 1 atom stereocenters. The van der Waals surface area contributed by atoms with Crippen LogP contribution in [0, 0.1) is 0 Å². The van der Waals surface area contributed by atoms with Gasteiger partial charge in [-0.2, -0.15) is 0 Å². The summed E-state index contributed by atoms with van der Waals surface area (Å²) in [6, 6.07) is 4.30. The first-order valence-corrected chi connectivity index (χ1v) is 12.4. The van der Waals surface area contributed by atoms with Crippen LogP contribution < -0.4 is 26.8 Å². The van der Waals surface area contributed by atoms with Crippen molar-refractivity contribution in [3.63, 3.8) is 0 Å². The maximum Gasteiger partial charge on any atom is 0.334 e. The maximum absolute atomic E-state index is 12.7. The Morgan fingerprint density at radius 2 is 1.60 bits per heavy atom. The molecular weight excluding hydrogens is 444 g/mol. The number of carbonyl (C=O) groups is 3. The Kier molecular flexibility index (Phi) is 18.7. The molecule has 0 fully saturated rings. The number of amides is 2. The first kappa shape index (κ1) is 32.0. The predicted molar refractivity (Wildman–Crippen MR) is 144 cm³/mol. The lowest BCUT2D eigenvalue weighted by Crippen LogP contribution is -2.47. The molecule has 0 bridgehead atoms. The third-order valence-corrected chi connectivity index (χ3v) is 5.04. The van der Waals surface area contributed by atoms with Crippen LogP contribution in [0.1, 0.15) is 76.3 Å². The topological polar surface area (TPSA) is 137 Å². The van der Waals surface area contributed by atoms with Crippen LogP contribution >= 0.6 is 0 Å². The molecule has 1 aromatic carbocycles. The summed E-state index contributed by atoms with van der Waals surface area (Å²) in [5, 5.41) is 5.22. The Morgan fingerprint density at radius 3 is 2.14 bits per heavy atom. The number of benzene rings is 1. The molecule has 6 N–H and O–H groups in total. The minimum Gasteiger partial charge on any atom is -0.425 e. The van der Waals surface area contributed by atoms with E-state index in [0.717, 1.165) is 36.9 Å². The Balaban J connectivity index is 0.00000209. The molecule has 0 saturated carbocycles. The lowest BCUT2D eigenvalue weighted by Gasteiger charge is -2.18. The number of hydrogen-bond acceptors (Lipinski definition) is 6. The van der Waals surface area contributed by atoms with Crippen molar-refractivity contribution in [1.29, 1.82) is 0 Å². The number of nitrogens with two attached hydrogens (primary N) is 2. The Morgan fingerprint density at radius 1 is 0.943 bits per heavy atom. The monoisotopic (exact) mass is 488 g/mol. The standard InChI is InChI=1S/C23H33N3O4.C4H11N/c1-4-7-11-21(27)25-16-22(28)26-20(10-8-9-14-24)23(29)30-19-13-12-17(5-2)18(6-3)15-19;1-2-3-4-5/h5-6,12-13,15,20H,2-4,7-11,14,16,24H2,1H3,(H,25,27)(H,26,28);2-5H2,1H3. The fraction of sp³-hybridized carbons (Fsp3) is 0.519. The Labute approximate surface area is 210 Å². The molecule has 1 aromatic rings. The van der Waals surface area contributed by atoms with Crippen LogP contribution in [0.15, 0.2) is 31.4 Å². The van der Waals surface area contributed by atoms with Gasteiger partial charge in [0.15, 0.2) is 0 Å². The van der Waals surface area contributed by atoms with Gasteiger partial charge in [-0.25, -0.2) is 4.79 Å². The average Bonchev–Trinajstić information content (AvgIpc) is 2.86. The van der Waals surface area contributed by atoms with E-state index < -0.39 is 17.9 Å². The highest BCUT2D eigenvalue weighted by molar-refractivity contribution is 5.89. The molecule has 2 amide bonds. The summed E-state index contributed by atoms with van der Waals surface area (Å²) in [4.78, 5) is 36.6. The van der Waals surface area contributed by atoms with Gasteiger partial charge in [-0.3, -0.25) is 9.59 Å². The molecule has 0 radical (unpaired) electrons. The van der Waals surface area contributed by atoms with Crippen LogP contribution in [0.5, 0.6) is 5.75 Å². The summed E-state index contributed by atoms with van der Waals surface area (Å²) in [6.45, 7) is 12.8. The van der Waals surface area contributed by atoms with E-state index >= 15 is 0 Å². The van der Waals surface area contributed by atoms with E-state index in [2.05, 4.69) is 30.7 Å². The molecule has 0 aliphatic heterocycles. The summed E-state index contributed by atoms with van der Waals surface area (Å²) in [5.74, 6) is -0.845. The number of nitrogens with one attached hydrogen (secondary N) is 2. The van der Waals surface area contributed by atoms with Crippen LogP contribution in [0.2, 0.25) is 0 Å². The van der Waals surface area contributed by atoms with Crippen molar-refractivity contribution in [2.75, 3.05) is 19.6 Å². The number of hydrogen-bond donors (Lipinski definition) is 4. The van der Waals surface area contributed by atoms with E-state index in [9.17, 15) is 14.4 Å². The van der Waals surface area contributed by atoms with Gasteiger partial charge in [0.1, 0.15) is 11.8 Å². The predicted octanol–water partition coefficient (Wildman–Crippen LogP) is 3.54. The van der Waals surface area contributed by atoms with Crippen molar-refractivity contribution in [3.8, 4) is 5.75 Å². The number of rotatable bonds is 16. The Hall–Kier alpha value is -2.97. The molecule has 8 heteroatoms. The van der Waals surface area contributed by atoms with Gasteiger partial charge in [0.05, 0.1) is 6.54 Å². The lowest BCUT2D eigenvalue weighted by molar-refractivity contribution is -0.139. The Bertz CT molecular complexity index is 793. The van der Waals surface area contributed by atoms with E-state index in [1.165, 1.54) is 12.8 Å². The van der Waals surface area contributed by atoms with Crippen LogP contribution in [-0.4, -0.2) is 43.5 Å². The van der Waals surface area contributed by atoms with Crippen molar-refractivity contribution < 1.29 is 19.1 Å². The summed E-state index contributed by atoms with van der Waals surface area (Å²) in [6.07, 6.45) is 9.53. The molecule has 0 spiro atoms. The van der Waals surface area contributed by atoms with Crippen molar-refractivity contribution in [2.45, 2.75) is 71.3 Å². The number of esters is 1.